The summed E-state index contributed by atoms with van der Waals surface area (Å²) in [6, 6.07) is 8.15. The van der Waals surface area contributed by atoms with Gasteiger partial charge in [-0.1, -0.05) is 12.1 Å². The fourth-order valence-corrected chi connectivity index (χ4v) is 3.00. The summed E-state index contributed by atoms with van der Waals surface area (Å²) < 4.78 is 9.91. The molecular weight excluding hydrogens is 332 g/mol. The van der Waals surface area contributed by atoms with Gasteiger partial charge in [-0.25, -0.2) is 4.79 Å². The lowest BCUT2D eigenvalue weighted by Gasteiger charge is -2.23. The van der Waals surface area contributed by atoms with Crippen LogP contribution >= 0.6 is 0 Å². The maximum absolute atomic E-state index is 11.8. The zero-order valence-corrected chi connectivity index (χ0v) is 15.5. The molecule has 1 aromatic rings. The molecule has 1 saturated heterocycles. The fourth-order valence-electron chi connectivity index (χ4n) is 3.00. The number of nitrogens with one attached hydrogen (secondary N) is 2. The van der Waals surface area contributed by atoms with Gasteiger partial charge >= 0.3 is 11.9 Å². The van der Waals surface area contributed by atoms with E-state index in [1.807, 2.05) is 12.1 Å². The Morgan fingerprint density at radius 2 is 1.77 bits per heavy atom. The second kappa shape index (κ2) is 10.6. The van der Waals surface area contributed by atoms with Crippen LogP contribution in [0.5, 0.6) is 0 Å². The zero-order chi connectivity index (χ0) is 18.8. The monoisotopic (exact) mass is 360 g/mol. The highest BCUT2D eigenvalue weighted by Gasteiger charge is 2.15. The molecule has 1 aliphatic heterocycles. The average Bonchev–Trinajstić information content (AvgIpc) is 2.63. The third-order valence-corrected chi connectivity index (χ3v) is 4.24. The summed E-state index contributed by atoms with van der Waals surface area (Å²) in [5, 5.41) is 6.51. The molecule has 0 amide bonds. The van der Waals surface area contributed by atoms with Crippen LogP contribution in [0.4, 0.5) is 5.69 Å². The SMILES string of the molecule is CCOC(=O)C=C(CC(=O)OCC)Nc1ccc(C2CCNCC2)cc1. The van der Waals surface area contributed by atoms with E-state index >= 15 is 0 Å². The quantitative estimate of drug-likeness (QED) is 0.548. The van der Waals surface area contributed by atoms with E-state index < -0.39 is 5.97 Å². The molecule has 2 N–H and O–H groups in total. The Morgan fingerprint density at radius 3 is 2.38 bits per heavy atom. The summed E-state index contributed by atoms with van der Waals surface area (Å²) in [7, 11) is 0. The average molecular weight is 360 g/mol. The summed E-state index contributed by atoms with van der Waals surface area (Å²) in [5.41, 5.74) is 2.59. The number of hydrogen-bond acceptors (Lipinski definition) is 6. The van der Waals surface area contributed by atoms with E-state index in [-0.39, 0.29) is 19.0 Å². The first-order valence-electron chi connectivity index (χ1n) is 9.23. The largest absolute Gasteiger partial charge is 0.466 e. The molecule has 0 radical (unpaired) electrons. The van der Waals surface area contributed by atoms with Gasteiger partial charge in [-0.15, -0.1) is 0 Å². The molecule has 0 unspecified atom stereocenters. The lowest BCUT2D eigenvalue weighted by atomic mass is 9.90. The highest BCUT2D eigenvalue weighted by molar-refractivity contribution is 5.85. The smallest absolute Gasteiger partial charge is 0.332 e. The normalized spacial score (nSPS) is 15.4. The van der Waals surface area contributed by atoms with E-state index in [9.17, 15) is 9.59 Å². The van der Waals surface area contributed by atoms with Gasteiger partial charge in [-0.2, -0.15) is 0 Å². The number of benzene rings is 1. The number of anilines is 1. The Kier molecular flexibility index (Phi) is 8.15. The molecule has 0 aliphatic carbocycles. The van der Waals surface area contributed by atoms with Crippen LogP contribution in [0.1, 0.15) is 44.6 Å². The minimum Gasteiger partial charge on any atom is -0.466 e. The molecule has 6 heteroatoms. The van der Waals surface area contributed by atoms with Gasteiger partial charge in [0.2, 0.25) is 0 Å². The number of piperidine rings is 1. The van der Waals surface area contributed by atoms with Crippen molar-refractivity contribution in [2.24, 2.45) is 0 Å². The van der Waals surface area contributed by atoms with E-state index in [0.29, 0.717) is 18.2 Å². The van der Waals surface area contributed by atoms with Gasteiger partial charge in [-0.05, 0) is 63.4 Å². The first kappa shape index (κ1) is 20.0. The van der Waals surface area contributed by atoms with Crippen molar-refractivity contribution >= 4 is 17.6 Å². The van der Waals surface area contributed by atoms with Crippen molar-refractivity contribution in [3.05, 3.63) is 41.6 Å². The second-order valence-corrected chi connectivity index (χ2v) is 6.17. The Hall–Kier alpha value is -2.34. The third kappa shape index (κ3) is 6.52. The summed E-state index contributed by atoms with van der Waals surface area (Å²) in [5.74, 6) is -0.285. The summed E-state index contributed by atoms with van der Waals surface area (Å²) in [6.07, 6.45) is 3.58. The number of carbonyl (C=O) groups is 2. The molecule has 0 aromatic heterocycles. The van der Waals surface area contributed by atoms with E-state index in [1.54, 1.807) is 13.8 Å². The van der Waals surface area contributed by atoms with Crippen LogP contribution in [0.25, 0.3) is 0 Å². The van der Waals surface area contributed by atoms with Gasteiger partial charge < -0.3 is 20.1 Å². The van der Waals surface area contributed by atoms with Gasteiger partial charge in [0.25, 0.3) is 0 Å². The first-order valence-corrected chi connectivity index (χ1v) is 9.23. The predicted molar refractivity (Wildman–Crippen MR) is 101 cm³/mol. The van der Waals surface area contributed by atoms with E-state index in [2.05, 4.69) is 22.8 Å². The standard InChI is InChI=1S/C20H28N2O4/c1-3-25-19(23)13-18(14-20(24)26-4-2)22-17-7-5-15(6-8-17)16-9-11-21-12-10-16/h5-8,13,16,21-22H,3-4,9-12,14H2,1-2H3. The van der Waals surface area contributed by atoms with Crippen molar-refractivity contribution in [3.63, 3.8) is 0 Å². The highest BCUT2D eigenvalue weighted by Crippen LogP contribution is 2.26. The molecule has 6 nitrogen and oxygen atoms in total. The van der Waals surface area contributed by atoms with Gasteiger partial charge in [0.1, 0.15) is 0 Å². The van der Waals surface area contributed by atoms with Crippen LogP contribution in [0.2, 0.25) is 0 Å². The van der Waals surface area contributed by atoms with Crippen LogP contribution in [-0.2, 0) is 19.1 Å². The van der Waals surface area contributed by atoms with Crippen molar-refractivity contribution in [2.75, 3.05) is 31.6 Å². The Morgan fingerprint density at radius 1 is 1.12 bits per heavy atom. The second-order valence-electron chi connectivity index (χ2n) is 6.17. The summed E-state index contributed by atoms with van der Waals surface area (Å²) in [4.78, 5) is 23.5. The lowest BCUT2D eigenvalue weighted by Crippen LogP contribution is -2.26. The Bertz CT molecular complexity index is 619. The minimum absolute atomic E-state index is 0.0112. The number of ether oxygens (including phenoxy) is 2. The number of hydrogen-bond donors (Lipinski definition) is 2. The van der Waals surface area contributed by atoms with Gasteiger partial charge in [0.15, 0.2) is 0 Å². The Labute approximate surface area is 154 Å². The molecule has 1 aromatic carbocycles. The summed E-state index contributed by atoms with van der Waals surface area (Å²) >= 11 is 0. The maximum Gasteiger partial charge on any atom is 0.332 e. The molecule has 1 fully saturated rings. The van der Waals surface area contributed by atoms with Gasteiger partial charge in [0.05, 0.1) is 19.6 Å². The minimum atomic E-state index is -0.481. The molecule has 142 valence electrons. The van der Waals surface area contributed by atoms with Crippen molar-refractivity contribution in [1.29, 1.82) is 0 Å². The van der Waals surface area contributed by atoms with Crippen LogP contribution in [0.3, 0.4) is 0 Å². The zero-order valence-electron chi connectivity index (χ0n) is 15.5. The van der Waals surface area contributed by atoms with E-state index in [1.165, 1.54) is 11.6 Å². The van der Waals surface area contributed by atoms with Crippen molar-refractivity contribution in [2.45, 2.75) is 39.0 Å². The number of carbonyl (C=O) groups excluding carboxylic acids is 2. The van der Waals surface area contributed by atoms with Gasteiger partial charge in [-0.3, -0.25) is 4.79 Å². The van der Waals surface area contributed by atoms with Gasteiger partial charge in [0, 0.05) is 17.5 Å². The molecule has 0 spiro atoms. The first-order chi connectivity index (χ1) is 12.6. The molecular formula is C20H28N2O4. The molecule has 0 atom stereocenters. The molecule has 1 heterocycles. The Balaban J connectivity index is 2.05. The summed E-state index contributed by atoms with van der Waals surface area (Å²) in [6.45, 7) is 6.18. The highest BCUT2D eigenvalue weighted by atomic mass is 16.5. The van der Waals surface area contributed by atoms with Crippen molar-refractivity contribution in [3.8, 4) is 0 Å². The van der Waals surface area contributed by atoms with Crippen LogP contribution in [0.15, 0.2) is 36.0 Å². The molecule has 1 aliphatic rings. The maximum atomic E-state index is 11.8. The predicted octanol–water partition coefficient (Wildman–Crippen LogP) is 2.97. The fraction of sp³-hybridized carbons (Fsp3) is 0.500. The van der Waals surface area contributed by atoms with Crippen molar-refractivity contribution < 1.29 is 19.1 Å². The van der Waals surface area contributed by atoms with Crippen LogP contribution in [-0.4, -0.2) is 38.2 Å². The molecule has 2 rings (SSSR count). The third-order valence-electron chi connectivity index (χ3n) is 4.24. The number of rotatable bonds is 8. The lowest BCUT2D eigenvalue weighted by molar-refractivity contribution is -0.142. The topological polar surface area (TPSA) is 76.7 Å². The molecule has 0 saturated carbocycles. The number of esters is 2. The van der Waals surface area contributed by atoms with E-state index in [0.717, 1.165) is 31.6 Å². The molecule has 26 heavy (non-hydrogen) atoms. The van der Waals surface area contributed by atoms with Crippen LogP contribution < -0.4 is 10.6 Å². The van der Waals surface area contributed by atoms with Crippen LogP contribution in [0, 0.1) is 0 Å². The molecule has 0 bridgehead atoms. The van der Waals surface area contributed by atoms with Crippen molar-refractivity contribution in [1.82, 2.24) is 5.32 Å². The van der Waals surface area contributed by atoms with E-state index in [4.69, 9.17) is 9.47 Å².